The van der Waals surface area contributed by atoms with Gasteiger partial charge in [0.1, 0.15) is 0 Å². The van der Waals surface area contributed by atoms with E-state index in [0.29, 0.717) is 0 Å². The molecule has 0 unspecified atom stereocenters. The molecule has 1 heterocycles. The number of rotatable bonds is 3. The lowest BCUT2D eigenvalue weighted by molar-refractivity contribution is 0.706. The first kappa shape index (κ1) is 12.3. The van der Waals surface area contributed by atoms with E-state index in [2.05, 4.69) is 39.8 Å². The number of benzene rings is 2. The molecule has 0 fully saturated rings. The maximum Gasteiger partial charge on any atom is 0.175 e. The molecule has 4 heteroatoms. The third kappa shape index (κ3) is 2.49. The van der Waals surface area contributed by atoms with Gasteiger partial charge in [0.2, 0.25) is 0 Å². The van der Waals surface area contributed by atoms with Crippen LogP contribution in [0.15, 0.2) is 60.7 Å². The number of aryl methyl sites for hydroxylation is 1. The first-order valence-electron chi connectivity index (χ1n) is 6.39. The average molecular weight is 262 g/mol. The number of nitrogens with zero attached hydrogens (tertiary/aromatic N) is 4. The van der Waals surface area contributed by atoms with E-state index in [9.17, 15) is 0 Å². The predicted octanol–water partition coefficient (Wildman–Crippen LogP) is 2.80. The van der Waals surface area contributed by atoms with Gasteiger partial charge in [0.05, 0.1) is 0 Å². The van der Waals surface area contributed by atoms with Crippen LogP contribution in [-0.4, -0.2) is 20.2 Å². The molecule has 0 saturated heterocycles. The van der Waals surface area contributed by atoms with Crippen LogP contribution in [0, 0.1) is 0 Å². The largest absolute Gasteiger partial charge is 0.229 e. The topological polar surface area (TPSA) is 43.6 Å². The summed E-state index contributed by atoms with van der Waals surface area (Å²) in [6, 6.07) is 20.5. The minimum absolute atomic E-state index is 0.729. The van der Waals surface area contributed by atoms with E-state index >= 15 is 0 Å². The zero-order valence-corrected chi connectivity index (χ0v) is 11.1. The molecule has 0 aliphatic rings. The summed E-state index contributed by atoms with van der Waals surface area (Å²) >= 11 is 0. The van der Waals surface area contributed by atoms with Crippen molar-refractivity contribution in [2.24, 2.45) is 7.05 Å². The fraction of sp³-hybridized carbons (Fsp3) is 0.0625. The predicted molar refractivity (Wildman–Crippen MR) is 78.7 cm³/mol. The molecule has 0 radical (unpaired) electrons. The van der Waals surface area contributed by atoms with Crippen LogP contribution < -0.4 is 0 Å². The normalized spacial score (nSPS) is 10.2. The van der Waals surface area contributed by atoms with Gasteiger partial charge >= 0.3 is 0 Å². The van der Waals surface area contributed by atoms with E-state index in [1.165, 1.54) is 0 Å². The Morgan fingerprint density at radius 2 is 1.45 bits per heavy atom. The molecule has 0 spiro atoms. The quantitative estimate of drug-likeness (QED) is 0.729. The third-order valence-corrected chi connectivity index (χ3v) is 3.10. The molecule has 0 N–H and O–H groups in total. The highest BCUT2D eigenvalue weighted by atomic mass is 15.5. The Kier molecular flexibility index (Phi) is 3.37. The maximum absolute atomic E-state index is 4.03. The van der Waals surface area contributed by atoms with Crippen molar-refractivity contribution >= 4 is 11.6 Å². The highest BCUT2D eigenvalue weighted by Crippen LogP contribution is 2.24. The Morgan fingerprint density at radius 3 is 1.90 bits per heavy atom. The Bertz CT molecular complexity index is 673. The summed E-state index contributed by atoms with van der Waals surface area (Å²) in [6.45, 7) is 0. The van der Waals surface area contributed by atoms with E-state index in [0.717, 1.165) is 22.5 Å². The smallest absolute Gasteiger partial charge is 0.175 e. The Labute approximate surface area is 117 Å². The van der Waals surface area contributed by atoms with Crippen molar-refractivity contribution in [3.05, 3.63) is 77.6 Å². The standard InChI is InChI=1S/C16H14N4/c1-20-16(17-18-19-20)12-15(13-8-4-2-5-9-13)14-10-6-3-7-11-14/h2-12H,1H3. The van der Waals surface area contributed by atoms with Crippen molar-refractivity contribution in [2.75, 3.05) is 0 Å². The zero-order valence-electron chi connectivity index (χ0n) is 11.1. The minimum atomic E-state index is 0.729. The first-order valence-corrected chi connectivity index (χ1v) is 6.39. The van der Waals surface area contributed by atoms with E-state index in [-0.39, 0.29) is 0 Å². The number of tetrazole rings is 1. The van der Waals surface area contributed by atoms with Crippen molar-refractivity contribution in [1.29, 1.82) is 0 Å². The molecule has 0 saturated carbocycles. The third-order valence-electron chi connectivity index (χ3n) is 3.10. The van der Waals surface area contributed by atoms with Crippen molar-refractivity contribution in [2.45, 2.75) is 0 Å². The molecule has 0 aliphatic carbocycles. The van der Waals surface area contributed by atoms with E-state index in [1.807, 2.05) is 49.5 Å². The van der Waals surface area contributed by atoms with Gasteiger partial charge in [-0.25, -0.2) is 4.68 Å². The molecule has 20 heavy (non-hydrogen) atoms. The molecule has 3 rings (SSSR count). The lowest BCUT2D eigenvalue weighted by Crippen LogP contribution is -1.95. The van der Waals surface area contributed by atoms with Crippen LogP contribution in [0.5, 0.6) is 0 Å². The van der Waals surface area contributed by atoms with Crippen molar-refractivity contribution < 1.29 is 0 Å². The number of hydrogen-bond donors (Lipinski definition) is 0. The van der Waals surface area contributed by atoms with Crippen LogP contribution in [0.2, 0.25) is 0 Å². The van der Waals surface area contributed by atoms with Crippen LogP contribution in [0.25, 0.3) is 11.6 Å². The minimum Gasteiger partial charge on any atom is -0.229 e. The molecule has 0 aliphatic heterocycles. The van der Waals surface area contributed by atoms with Gasteiger partial charge in [-0.2, -0.15) is 0 Å². The van der Waals surface area contributed by atoms with E-state index in [1.54, 1.807) is 4.68 Å². The van der Waals surface area contributed by atoms with Gasteiger partial charge in [-0.3, -0.25) is 0 Å². The molecule has 98 valence electrons. The molecule has 0 atom stereocenters. The van der Waals surface area contributed by atoms with Crippen LogP contribution in [0.1, 0.15) is 17.0 Å². The summed E-state index contributed by atoms with van der Waals surface area (Å²) in [7, 11) is 1.83. The summed E-state index contributed by atoms with van der Waals surface area (Å²) in [5.74, 6) is 0.729. The lowest BCUT2D eigenvalue weighted by atomic mass is 9.97. The summed E-state index contributed by atoms with van der Waals surface area (Å²) < 4.78 is 1.66. The fourth-order valence-electron chi connectivity index (χ4n) is 2.06. The van der Waals surface area contributed by atoms with Crippen LogP contribution in [0.3, 0.4) is 0 Å². The second-order valence-electron chi connectivity index (χ2n) is 4.45. The molecule has 3 aromatic rings. The molecule has 4 nitrogen and oxygen atoms in total. The highest BCUT2D eigenvalue weighted by Gasteiger charge is 2.07. The molecular formula is C16H14N4. The number of aromatic nitrogens is 4. The van der Waals surface area contributed by atoms with Crippen molar-refractivity contribution in [3.63, 3.8) is 0 Å². The second-order valence-corrected chi connectivity index (χ2v) is 4.45. The van der Waals surface area contributed by atoms with Crippen LogP contribution in [0.4, 0.5) is 0 Å². The summed E-state index contributed by atoms with van der Waals surface area (Å²) in [5.41, 5.74) is 3.38. The molecule has 1 aromatic heterocycles. The number of hydrogen-bond acceptors (Lipinski definition) is 3. The Morgan fingerprint density at radius 1 is 0.900 bits per heavy atom. The monoisotopic (exact) mass is 262 g/mol. The van der Waals surface area contributed by atoms with E-state index < -0.39 is 0 Å². The summed E-state index contributed by atoms with van der Waals surface area (Å²) in [6.07, 6.45) is 2.00. The van der Waals surface area contributed by atoms with Gasteiger partial charge in [0.15, 0.2) is 5.82 Å². The van der Waals surface area contributed by atoms with Gasteiger partial charge in [-0.1, -0.05) is 60.7 Å². The van der Waals surface area contributed by atoms with Gasteiger partial charge in [-0.15, -0.1) is 5.10 Å². The van der Waals surface area contributed by atoms with E-state index in [4.69, 9.17) is 0 Å². The SMILES string of the molecule is Cn1nnnc1C=C(c1ccccc1)c1ccccc1. The molecule has 0 bridgehead atoms. The summed E-state index contributed by atoms with van der Waals surface area (Å²) in [4.78, 5) is 0. The van der Waals surface area contributed by atoms with Crippen molar-refractivity contribution in [1.82, 2.24) is 20.2 Å². The molecule has 0 amide bonds. The second kappa shape index (κ2) is 5.48. The van der Waals surface area contributed by atoms with Crippen LogP contribution >= 0.6 is 0 Å². The molecular weight excluding hydrogens is 248 g/mol. The van der Waals surface area contributed by atoms with Crippen LogP contribution in [-0.2, 0) is 7.05 Å². The summed E-state index contributed by atoms with van der Waals surface area (Å²) in [5, 5.41) is 11.6. The Balaban J connectivity index is 2.14. The zero-order chi connectivity index (χ0) is 13.8. The average Bonchev–Trinajstić information content (AvgIpc) is 2.92. The van der Waals surface area contributed by atoms with Gasteiger partial charge in [0, 0.05) is 7.05 Å². The molecule has 2 aromatic carbocycles. The Hall–Kier alpha value is -2.75. The van der Waals surface area contributed by atoms with Gasteiger partial charge in [0.25, 0.3) is 0 Å². The van der Waals surface area contributed by atoms with Gasteiger partial charge in [-0.05, 0) is 33.2 Å². The first-order chi connectivity index (χ1) is 9.84. The highest BCUT2D eigenvalue weighted by molar-refractivity contribution is 5.90. The maximum atomic E-state index is 4.03. The van der Waals surface area contributed by atoms with Gasteiger partial charge < -0.3 is 0 Å². The fourth-order valence-corrected chi connectivity index (χ4v) is 2.06. The van der Waals surface area contributed by atoms with Crippen molar-refractivity contribution in [3.8, 4) is 0 Å². The lowest BCUT2D eigenvalue weighted by Gasteiger charge is -2.08.